The fourth-order valence-electron chi connectivity index (χ4n) is 2.96. The highest BCUT2D eigenvalue weighted by atomic mass is 35.5. The molecule has 1 aliphatic rings. The van der Waals surface area contributed by atoms with Gasteiger partial charge in [-0.3, -0.25) is 4.79 Å². The van der Waals surface area contributed by atoms with Gasteiger partial charge in [0.05, 0.1) is 6.04 Å². The van der Waals surface area contributed by atoms with E-state index in [1.54, 1.807) is 11.8 Å². The van der Waals surface area contributed by atoms with Gasteiger partial charge in [-0.25, -0.2) is 0 Å². The Morgan fingerprint density at radius 1 is 1.27 bits per heavy atom. The molecule has 3 N–H and O–H groups in total. The summed E-state index contributed by atoms with van der Waals surface area (Å²) in [6.07, 6.45) is 4.91. The van der Waals surface area contributed by atoms with Gasteiger partial charge >= 0.3 is 0 Å². The Morgan fingerprint density at radius 2 is 2.00 bits per heavy atom. The number of carbonyl (C=O) groups excluding carboxylic acids is 1. The number of amides is 1. The normalized spacial score (nSPS) is 13.7. The second kappa shape index (κ2) is 7.36. The van der Waals surface area contributed by atoms with Gasteiger partial charge in [-0.05, 0) is 53.9 Å². The SMILES string of the molecule is CSCC[C@H](N)C(=O)Nc1ccc2c3c(cccc13)CC2.Cl. The van der Waals surface area contributed by atoms with Crippen molar-refractivity contribution in [3.8, 4) is 0 Å². The van der Waals surface area contributed by atoms with Crippen LogP contribution < -0.4 is 11.1 Å². The number of carbonyl (C=O) groups is 1. The third-order valence-electron chi connectivity index (χ3n) is 4.10. The van der Waals surface area contributed by atoms with Crippen LogP contribution in [0, 0.1) is 0 Å². The van der Waals surface area contributed by atoms with Crippen molar-refractivity contribution >= 4 is 46.5 Å². The molecule has 0 radical (unpaired) electrons. The maximum absolute atomic E-state index is 12.2. The second-order valence-electron chi connectivity index (χ2n) is 5.49. The summed E-state index contributed by atoms with van der Waals surface area (Å²) < 4.78 is 0. The molecule has 1 amide bonds. The lowest BCUT2D eigenvalue weighted by molar-refractivity contribution is -0.117. The quantitative estimate of drug-likeness (QED) is 0.880. The maximum atomic E-state index is 12.2. The molecule has 0 heterocycles. The Labute approximate surface area is 141 Å². The minimum atomic E-state index is -0.444. The van der Waals surface area contributed by atoms with E-state index in [4.69, 9.17) is 5.73 Å². The lowest BCUT2D eigenvalue weighted by atomic mass is 10.0. The third-order valence-corrected chi connectivity index (χ3v) is 4.75. The summed E-state index contributed by atoms with van der Waals surface area (Å²) in [5, 5.41) is 5.45. The molecule has 2 aromatic rings. The Hall–Kier alpha value is -1.23. The Bertz CT molecular complexity index is 679. The van der Waals surface area contributed by atoms with Crippen molar-refractivity contribution in [1.82, 2.24) is 0 Å². The lowest BCUT2D eigenvalue weighted by Gasteiger charge is -2.14. The van der Waals surface area contributed by atoms with Crippen molar-refractivity contribution in [2.45, 2.75) is 25.3 Å². The number of nitrogens with one attached hydrogen (secondary N) is 1. The van der Waals surface area contributed by atoms with Gasteiger partial charge in [0.1, 0.15) is 0 Å². The summed E-state index contributed by atoms with van der Waals surface area (Å²) in [5.41, 5.74) is 9.58. The minimum absolute atomic E-state index is 0. The predicted molar refractivity (Wildman–Crippen MR) is 98.2 cm³/mol. The zero-order valence-corrected chi connectivity index (χ0v) is 14.2. The molecule has 118 valence electrons. The molecule has 0 fully saturated rings. The van der Waals surface area contributed by atoms with Crippen LogP contribution >= 0.6 is 24.2 Å². The molecule has 1 aliphatic carbocycles. The zero-order chi connectivity index (χ0) is 14.8. The van der Waals surface area contributed by atoms with Crippen LogP contribution in [0.2, 0.25) is 0 Å². The topological polar surface area (TPSA) is 55.1 Å². The highest BCUT2D eigenvalue weighted by molar-refractivity contribution is 7.98. The zero-order valence-electron chi connectivity index (χ0n) is 12.6. The van der Waals surface area contributed by atoms with Crippen molar-refractivity contribution in [3.05, 3.63) is 41.5 Å². The summed E-state index contributed by atoms with van der Waals surface area (Å²) in [6, 6.07) is 10.0. The molecule has 0 spiro atoms. The van der Waals surface area contributed by atoms with E-state index in [1.807, 2.05) is 12.3 Å². The Balaban J connectivity index is 0.00000176. The van der Waals surface area contributed by atoms with Crippen molar-refractivity contribution in [2.24, 2.45) is 5.73 Å². The van der Waals surface area contributed by atoms with Gasteiger partial charge in [-0.2, -0.15) is 11.8 Å². The van der Waals surface area contributed by atoms with Crippen LogP contribution in [-0.4, -0.2) is 24.0 Å². The monoisotopic (exact) mass is 336 g/mol. The van der Waals surface area contributed by atoms with Crippen LogP contribution in [-0.2, 0) is 17.6 Å². The smallest absolute Gasteiger partial charge is 0.241 e. The van der Waals surface area contributed by atoms with E-state index in [0.717, 1.165) is 29.7 Å². The largest absolute Gasteiger partial charge is 0.324 e. The van der Waals surface area contributed by atoms with E-state index >= 15 is 0 Å². The first-order valence-corrected chi connectivity index (χ1v) is 8.69. The number of hydrogen-bond acceptors (Lipinski definition) is 3. The van der Waals surface area contributed by atoms with Crippen LogP contribution in [0.25, 0.3) is 10.8 Å². The molecule has 0 unspecified atom stereocenters. The number of anilines is 1. The highest BCUT2D eigenvalue weighted by Crippen LogP contribution is 2.34. The summed E-state index contributed by atoms with van der Waals surface area (Å²) in [4.78, 5) is 12.2. The fraction of sp³-hybridized carbons (Fsp3) is 0.353. The molecular formula is C17H21ClN2OS. The summed E-state index contributed by atoms with van der Waals surface area (Å²) in [7, 11) is 0. The molecule has 0 saturated carbocycles. The van der Waals surface area contributed by atoms with Gasteiger partial charge in [-0.15, -0.1) is 12.4 Å². The van der Waals surface area contributed by atoms with Crippen molar-refractivity contribution < 1.29 is 4.79 Å². The second-order valence-corrected chi connectivity index (χ2v) is 6.47. The van der Waals surface area contributed by atoms with E-state index in [0.29, 0.717) is 6.42 Å². The van der Waals surface area contributed by atoms with Crippen LogP contribution in [0.15, 0.2) is 30.3 Å². The van der Waals surface area contributed by atoms with E-state index < -0.39 is 6.04 Å². The molecular weight excluding hydrogens is 316 g/mol. The van der Waals surface area contributed by atoms with E-state index in [-0.39, 0.29) is 18.3 Å². The molecule has 0 aromatic heterocycles. The Morgan fingerprint density at radius 3 is 2.73 bits per heavy atom. The molecule has 2 aromatic carbocycles. The third kappa shape index (κ3) is 3.24. The van der Waals surface area contributed by atoms with Crippen molar-refractivity contribution in [3.63, 3.8) is 0 Å². The molecule has 0 aliphatic heterocycles. The summed E-state index contributed by atoms with van der Waals surface area (Å²) >= 11 is 1.71. The molecule has 1 atom stereocenters. The fourth-order valence-corrected chi connectivity index (χ4v) is 3.45. The number of thioether (sulfide) groups is 1. The first-order valence-electron chi connectivity index (χ1n) is 7.29. The lowest BCUT2D eigenvalue weighted by Crippen LogP contribution is -2.36. The average Bonchev–Trinajstić information content (AvgIpc) is 2.92. The first-order chi connectivity index (χ1) is 10.2. The number of aryl methyl sites for hydroxylation is 2. The molecule has 22 heavy (non-hydrogen) atoms. The molecule has 5 heteroatoms. The number of hydrogen-bond donors (Lipinski definition) is 2. The highest BCUT2D eigenvalue weighted by Gasteiger charge is 2.18. The summed E-state index contributed by atoms with van der Waals surface area (Å²) in [6.45, 7) is 0. The molecule has 3 nitrogen and oxygen atoms in total. The number of nitrogens with two attached hydrogens (primary N) is 1. The standard InChI is InChI=1S/C17H20N2OS.ClH/c1-21-10-9-14(18)17(20)19-15-8-7-12-6-5-11-3-2-4-13(15)16(11)12;/h2-4,7-8,14H,5-6,9-10,18H2,1H3,(H,19,20);1H/t14-;/m0./s1. The van der Waals surface area contributed by atoms with Gasteiger partial charge in [0.2, 0.25) is 5.91 Å². The van der Waals surface area contributed by atoms with Gasteiger partial charge in [0.25, 0.3) is 0 Å². The van der Waals surface area contributed by atoms with Crippen molar-refractivity contribution in [2.75, 3.05) is 17.3 Å². The van der Waals surface area contributed by atoms with Gasteiger partial charge in [0.15, 0.2) is 0 Å². The first kappa shape index (κ1) is 17.1. The summed E-state index contributed by atoms with van der Waals surface area (Å²) in [5.74, 6) is 0.807. The number of rotatable bonds is 5. The average molecular weight is 337 g/mol. The number of benzene rings is 2. The Kier molecular flexibility index (Phi) is 5.73. The van der Waals surface area contributed by atoms with Crippen LogP contribution in [0.4, 0.5) is 5.69 Å². The molecule has 0 saturated heterocycles. The molecule has 3 rings (SSSR count). The maximum Gasteiger partial charge on any atom is 0.241 e. The van der Waals surface area contributed by atoms with E-state index in [2.05, 4.69) is 29.6 Å². The number of halogens is 1. The van der Waals surface area contributed by atoms with Gasteiger partial charge < -0.3 is 11.1 Å². The van der Waals surface area contributed by atoms with Crippen LogP contribution in [0.1, 0.15) is 17.5 Å². The van der Waals surface area contributed by atoms with Crippen LogP contribution in [0.3, 0.4) is 0 Å². The van der Waals surface area contributed by atoms with Crippen molar-refractivity contribution in [1.29, 1.82) is 0 Å². The van der Waals surface area contributed by atoms with E-state index in [9.17, 15) is 4.79 Å². The molecule has 0 bridgehead atoms. The van der Waals surface area contributed by atoms with Gasteiger partial charge in [0, 0.05) is 11.1 Å². The van der Waals surface area contributed by atoms with E-state index in [1.165, 1.54) is 16.5 Å². The van der Waals surface area contributed by atoms with Gasteiger partial charge in [-0.1, -0.05) is 24.3 Å². The minimum Gasteiger partial charge on any atom is -0.324 e. The van der Waals surface area contributed by atoms with Crippen LogP contribution in [0.5, 0.6) is 0 Å². The predicted octanol–water partition coefficient (Wildman–Crippen LogP) is 3.38.